The van der Waals surface area contributed by atoms with Crippen LogP contribution in [0.5, 0.6) is 0 Å². The highest BCUT2D eigenvalue weighted by Crippen LogP contribution is 2.21. The standard InChI is InChI=1S/C18H19N5O2/c1-11-12(2)23-14-15(20(3)18(25)21(4)16(14)24)19-17(23)22(11)10-13-8-6-5-7-9-13/h5-9H,10H2,1-4H3. The van der Waals surface area contributed by atoms with E-state index >= 15 is 0 Å². The number of hydrogen-bond donors (Lipinski definition) is 0. The van der Waals surface area contributed by atoms with Crippen molar-refractivity contribution < 1.29 is 0 Å². The second-order valence-electron chi connectivity index (χ2n) is 6.37. The largest absolute Gasteiger partial charge is 0.332 e. The Hall–Kier alpha value is -3.09. The number of aryl methyl sites for hydroxylation is 2. The van der Waals surface area contributed by atoms with E-state index < -0.39 is 0 Å². The van der Waals surface area contributed by atoms with Crippen LogP contribution in [0.3, 0.4) is 0 Å². The molecule has 0 amide bonds. The van der Waals surface area contributed by atoms with E-state index in [0.29, 0.717) is 23.5 Å². The van der Waals surface area contributed by atoms with Gasteiger partial charge in [-0.2, -0.15) is 4.98 Å². The average molecular weight is 337 g/mol. The van der Waals surface area contributed by atoms with E-state index in [0.717, 1.165) is 21.5 Å². The topological polar surface area (TPSA) is 66.2 Å². The molecule has 7 heteroatoms. The number of imidazole rings is 2. The number of nitrogens with zero attached hydrogens (tertiary/aromatic N) is 5. The van der Waals surface area contributed by atoms with Crippen molar-refractivity contribution in [3.05, 3.63) is 68.1 Å². The molecule has 0 saturated carbocycles. The molecule has 3 heterocycles. The number of benzene rings is 1. The van der Waals surface area contributed by atoms with Crippen LogP contribution in [0.25, 0.3) is 16.9 Å². The molecule has 0 aliphatic heterocycles. The Morgan fingerprint density at radius 3 is 2.32 bits per heavy atom. The first kappa shape index (κ1) is 15.4. The van der Waals surface area contributed by atoms with Gasteiger partial charge >= 0.3 is 5.69 Å². The molecule has 0 N–H and O–H groups in total. The Labute approximate surface area is 143 Å². The van der Waals surface area contributed by atoms with Gasteiger partial charge in [0.05, 0.1) is 6.54 Å². The fourth-order valence-electron chi connectivity index (χ4n) is 3.35. The highest BCUT2D eigenvalue weighted by atomic mass is 16.2. The lowest BCUT2D eigenvalue weighted by molar-refractivity contribution is 0.707. The van der Waals surface area contributed by atoms with Crippen LogP contribution in [-0.4, -0.2) is 23.1 Å². The van der Waals surface area contributed by atoms with Crippen molar-refractivity contribution in [2.45, 2.75) is 20.4 Å². The minimum absolute atomic E-state index is 0.328. The highest BCUT2D eigenvalue weighted by molar-refractivity contribution is 5.76. The first-order valence-corrected chi connectivity index (χ1v) is 8.09. The second-order valence-corrected chi connectivity index (χ2v) is 6.37. The molecular weight excluding hydrogens is 318 g/mol. The molecule has 0 bridgehead atoms. The molecule has 25 heavy (non-hydrogen) atoms. The summed E-state index contributed by atoms with van der Waals surface area (Å²) in [5.74, 6) is 0.673. The second kappa shape index (κ2) is 5.20. The van der Waals surface area contributed by atoms with Crippen molar-refractivity contribution >= 4 is 16.9 Å². The van der Waals surface area contributed by atoms with Crippen LogP contribution in [0.1, 0.15) is 17.0 Å². The summed E-state index contributed by atoms with van der Waals surface area (Å²) in [6, 6.07) is 10.1. The maximum atomic E-state index is 12.7. The lowest BCUT2D eigenvalue weighted by Crippen LogP contribution is -2.37. The molecule has 4 aromatic rings. The molecule has 0 aliphatic rings. The average Bonchev–Trinajstić information content (AvgIpc) is 3.11. The smallest absolute Gasteiger partial charge is 0.309 e. The Balaban J connectivity index is 2.12. The molecule has 1 aromatic carbocycles. The van der Waals surface area contributed by atoms with Crippen LogP contribution in [0, 0.1) is 13.8 Å². The third-order valence-electron chi connectivity index (χ3n) is 4.93. The van der Waals surface area contributed by atoms with E-state index in [4.69, 9.17) is 0 Å². The zero-order valence-corrected chi connectivity index (χ0v) is 14.6. The summed E-state index contributed by atoms with van der Waals surface area (Å²) < 4.78 is 6.48. The van der Waals surface area contributed by atoms with Crippen molar-refractivity contribution in [1.82, 2.24) is 23.1 Å². The highest BCUT2D eigenvalue weighted by Gasteiger charge is 2.21. The van der Waals surface area contributed by atoms with Crippen molar-refractivity contribution in [1.29, 1.82) is 0 Å². The molecule has 0 saturated heterocycles. The van der Waals surface area contributed by atoms with Crippen LogP contribution in [0.2, 0.25) is 0 Å². The molecular formula is C18H19N5O2. The van der Waals surface area contributed by atoms with Gasteiger partial charge in [0, 0.05) is 25.5 Å². The van der Waals surface area contributed by atoms with Crippen LogP contribution in [-0.2, 0) is 20.6 Å². The number of rotatable bonds is 2. The summed E-state index contributed by atoms with van der Waals surface area (Å²) in [5, 5.41) is 0. The van der Waals surface area contributed by atoms with E-state index in [1.165, 1.54) is 11.6 Å². The predicted octanol–water partition coefficient (Wildman–Crippen LogP) is 1.35. The fourth-order valence-corrected chi connectivity index (χ4v) is 3.35. The molecule has 0 atom stereocenters. The normalized spacial score (nSPS) is 11.7. The minimum atomic E-state index is -0.373. The van der Waals surface area contributed by atoms with Gasteiger partial charge in [0.2, 0.25) is 5.78 Å². The molecule has 3 aromatic heterocycles. The molecule has 0 fully saturated rings. The minimum Gasteiger partial charge on any atom is -0.309 e. The Morgan fingerprint density at radius 2 is 1.64 bits per heavy atom. The van der Waals surface area contributed by atoms with E-state index in [1.807, 2.05) is 36.4 Å². The van der Waals surface area contributed by atoms with Crippen LogP contribution < -0.4 is 11.2 Å². The summed E-state index contributed by atoms with van der Waals surface area (Å²) in [6.07, 6.45) is 0. The zero-order valence-electron chi connectivity index (χ0n) is 14.6. The third kappa shape index (κ3) is 2.02. The van der Waals surface area contributed by atoms with E-state index in [1.54, 1.807) is 7.05 Å². The van der Waals surface area contributed by atoms with E-state index in [9.17, 15) is 9.59 Å². The molecule has 0 spiro atoms. The van der Waals surface area contributed by atoms with Crippen molar-refractivity contribution in [2.24, 2.45) is 14.1 Å². The first-order valence-electron chi connectivity index (χ1n) is 8.09. The van der Waals surface area contributed by atoms with E-state index in [-0.39, 0.29) is 11.2 Å². The molecule has 0 unspecified atom stereocenters. The Kier molecular flexibility index (Phi) is 3.21. The lowest BCUT2D eigenvalue weighted by Gasteiger charge is -2.06. The zero-order chi connectivity index (χ0) is 17.9. The van der Waals surface area contributed by atoms with Gasteiger partial charge in [-0.25, -0.2) is 4.79 Å². The van der Waals surface area contributed by atoms with Crippen molar-refractivity contribution in [3.63, 3.8) is 0 Å². The first-order chi connectivity index (χ1) is 11.9. The molecule has 4 rings (SSSR count). The molecule has 7 nitrogen and oxygen atoms in total. The third-order valence-corrected chi connectivity index (χ3v) is 4.93. The Morgan fingerprint density at radius 1 is 0.960 bits per heavy atom. The number of fused-ring (bicyclic) bond motifs is 3. The van der Waals surface area contributed by atoms with Gasteiger partial charge in [-0.3, -0.25) is 18.3 Å². The summed E-state index contributed by atoms with van der Waals surface area (Å²) in [4.78, 5) is 29.5. The predicted molar refractivity (Wildman–Crippen MR) is 96.2 cm³/mol. The van der Waals surface area contributed by atoms with Crippen molar-refractivity contribution in [2.75, 3.05) is 0 Å². The summed E-state index contributed by atoms with van der Waals surface area (Å²) in [6.45, 7) is 4.64. The van der Waals surface area contributed by atoms with Gasteiger partial charge in [0.15, 0.2) is 11.2 Å². The summed E-state index contributed by atoms with van der Waals surface area (Å²) in [7, 11) is 3.13. The quantitative estimate of drug-likeness (QED) is 0.555. The van der Waals surface area contributed by atoms with Crippen LogP contribution in [0.15, 0.2) is 39.9 Å². The van der Waals surface area contributed by atoms with Gasteiger partial charge < -0.3 is 4.57 Å². The number of hydrogen-bond acceptors (Lipinski definition) is 3. The molecule has 0 radical (unpaired) electrons. The fraction of sp³-hybridized carbons (Fsp3) is 0.278. The maximum absolute atomic E-state index is 12.7. The van der Waals surface area contributed by atoms with Gasteiger partial charge in [0.1, 0.15) is 0 Å². The van der Waals surface area contributed by atoms with Gasteiger partial charge in [0.25, 0.3) is 5.56 Å². The lowest BCUT2D eigenvalue weighted by atomic mass is 10.2. The molecule has 128 valence electrons. The number of aromatic nitrogens is 5. The van der Waals surface area contributed by atoms with Crippen molar-refractivity contribution in [3.8, 4) is 0 Å². The van der Waals surface area contributed by atoms with E-state index in [2.05, 4.69) is 21.7 Å². The van der Waals surface area contributed by atoms with Gasteiger partial charge in [-0.1, -0.05) is 30.3 Å². The SMILES string of the molecule is Cc1c(C)n2c3c(=O)n(C)c(=O)n(C)c3nc2n1Cc1ccccc1. The summed E-state index contributed by atoms with van der Waals surface area (Å²) >= 11 is 0. The van der Waals surface area contributed by atoms with Gasteiger partial charge in [-0.15, -0.1) is 0 Å². The summed E-state index contributed by atoms with van der Waals surface area (Å²) in [5.41, 5.74) is 3.29. The van der Waals surface area contributed by atoms with Crippen LogP contribution in [0.4, 0.5) is 0 Å². The Bertz CT molecular complexity index is 1240. The van der Waals surface area contributed by atoms with Gasteiger partial charge in [-0.05, 0) is 19.4 Å². The maximum Gasteiger partial charge on any atom is 0.332 e. The van der Waals surface area contributed by atoms with Crippen LogP contribution >= 0.6 is 0 Å². The monoisotopic (exact) mass is 337 g/mol. The molecule has 0 aliphatic carbocycles.